The fourth-order valence-corrected chi connectivity index (χ4v) is 1.86. The van der Waals surface area contributed by atoms with E-state index >= 15 is 0 Å². The summed E-state index contributed by atoms with van der Waals surface area (Å²) in [7, 11) is 0. The average molecular weight is 250 g/mol. The van der Waals surface area contributed by atoms with Gasteiger partial charge >= 0.3 is 29.6 Å². The van der Waals surface area contributed by atoms with E-state index in [-0.39, 0.29) is 59.1 Å². The molecule has 1 rings (SSSR count). The van der Waals surface area contributed by atoms with Crippen molar-refractivity contribution in [1.82, 2.24) is 5.32 Å². The molecule has 0 aromatic rings. The summed E-state index contributed by atoms with van der Waals surface area (Å²) in [6.45, 7) is 1.96. The van der Waals surface area contributed by atoms with Gasteiger partial charge in [0.25, 0.3) is 0 Å². The summed E-state index contributed by atoms with van der Waals surface area (Å²) >= 11 is 0. The van der Waals surface area contributed by atoms with Gasteiger partial charge in [0.05, 0.1) is 0 Å². The molecular weight excluding hydrogens is 239 g/mol. The Bertz CT molecular complexity index is 462. The Hall–Kier alpha value is -1.45. The van der Waals surface area contributed by atoms with Crippen LogP contribution in [0.4, 0.5) is 0 Å². The fourth-order valence-electron chi connectivity index (χ4n) is 1.86. The Morgan fingerprint density at radius 1 is 1.44 bits per heavy atom. The number of piperidine rings is 1. The molecule has 1 unspecified atom stereocenters. The molecule has 1 atom stereocenters. The number of hydrogen-bond donors (Lipinski definition) is 1. The molecular formula is C12H11N4NaO. The first-order valence-corrected chi connectivity index (χ1v) is 5.29. The zero-order valence-corrected chi connectivity index (χ0v) is 12.4. The molecule has 6 heteroatoms. The quantitative estimate of drug-likeness (QED) is 0.359. The van der Waals surface area contributed by atoms with Gasteiger partial charge in [0.1, 0.15) is 0 Å². The number of allylic oxidation sites excluding steroid dienone is 2. The van der Waals surface area contributed by atoms with E-state index in [9.17, 15) is 4.79 Å². The van der Waals surface area contributed by atoms with Gasteiger partial charge in [0.15, 0.2) is 0 Å². The molecule has 0 radical (unpaired) electrons. The summed E-state index contributed by atoms with van der Waals surface area (Å²) in [5, 5.41) is 29.1. The van der Waals surface area contributed by atoms with Crippen LogP contribution in [0.15, 0.2) is 11.3 Å². The van der Waals surface area contributed by atoms with Gasteiger partial charge in [0, 0.05) is 24.1 Å². The van der Waals surface area contributed by atoms with Gasteiger partial charge in [-0.15, -0.1) is 0 Å². The molecule has 0 aliphatic carbocycles. The number of carbonyl (C=O) groups excluding carboxylic acids is 1. The number of hydrogen-bond acceptors (Lipinski definition) is 4. The topological polar surface area (TPSA) is 100 Å². The molecule has 86 valence electrons. The minimum atomic E-state index is -0.250. The Morgan fingerprint density at radius 2 is 2.06 bits per heavy atom. The Morgan fingerprint density at radius 3 is 2.50 bits per heavy atom. The van der Waals surface area contributed by atoms with E-state index in [0.29, 0.717) is 12.3 Å². The van der Waals surface area contributed by atoms with Crippen LogP contribution in [0.25, 0.3) is 0 Å². The third-order valence-electron chi connectivity index (χ3n) is 2.60. The van der Waals surface area contributed by atoms with Crippen molar-refractivity contribution in [3.8, 4) is 18.2 Å². The number of amides is 1. The first kappa shape index (κ1) is 16.6. The standard InChI is InChI=1S/C12H11N4O.Na/c1-2-3-8-4-11(17)16-12(10(8)7-15)9(5-13)6-14;/h8H,2-4H2,1H3,(H,16,17);/q-1;+1. The van der Waals surface area contributed by atoms with Crippen LogP contribution in [0.5, 0.6) is 0 Å². The van der Waals surface area contributed by atoms with Crippen molar-refractivity contribution in [3.05, 3.63) is 17.2 Å². The van der Waals surface area contributed by atoms with Crippen molar-refractivity contribution >= 4 is 5.91 Å². The van der Waals surface area contributed by atoms with Gasteiger partial charge in [0.2, 0.25) is 5.91 Å². The number of rotatable bonds is 2. The fraction of sp³-hybridized carbons (Fsp3) is 0.417. The minimum absolute atomic E-state index is 0. The molecule has 0 bridgehead atoms. The number of nitriles is 3. The van der Waals surface area contributed by atoms with E-state index in [4.69, 9.17) is 15.8 Å². The molecule has 1 fully saturated rings. The number of carbonyl (C=O) groups is 1. The SMILES string of the molecule is CCCC1CC(=O)NC(=C(C#N)C#N)[C-]1C#N.[Na+]. The van der Waals surface area contributed by atoms with Crippen molar-refractivity contribution in [3.63, 3.8) is 0 Å². The predicted octanol–water partition coefficient (Wildman–Crippen LogP) is -1.67. The molecule has 1 saturated heterocycles. The summed E-state index contributed by atoms with van der Waals surface area (Å²) in [5.74, 6) is -0.101. The van der Waals surface area contributed by atoms with Crippen LogP contribution in [0.2, 0.25) is 0 Å². The van der Waals surface area contributed by atoms with E-state index in [1.165, 1.54) is 0 Å². The first-order chi connectivity index (χ1) is 8.17. The Balaban J connectivity index is 0.00000289. The molecule has 1 N–H and O–H groups in total. The largest absolute Gasteiger partial charge is 1.00 e. The van der Waals surface area contributed by atoms with Crippen molar-refractivity contribution in [2.45, 2.75) is 26.2 Å². The van der Waals surface area contributed by atoms with E-state index in [2.05, 4.69) is 5.32 Å². The number of nitrogens with zero attached hydrogens (tertiary/aromatic N) is 3. The maximum Gasteiger partial charge on any atom is 1.00 e. The van der Waals surface area contributed by atoms with Crippen molar-refractivity contribution in [1.29, 1.82) is 15.8 Å². The molecule has 0 spiro atoms. The maximum absolute atomic E-state index is 11.5. The summed E-state index contributed by atoms with van der Waals surface area (Å²) in [6, 6.07) is 5.40. The zero-order chi connectivity index (χ0) is 12.8. The molecule has 5 nitrogen and oxygen atoms in total. The molecule has 1 aliphatic rings. The van der Waals surface area contributed by atoms with Crippen LogP contribution < -0.4 is 34.9 Å². The van der Waals surface area contributed by atoms with Gasteiger partial charge in [-0.2, -0.15) is 0 Å². The van der Waals surface area contributed by atoms with Crippen LogP contribution in [0.3, 0.4) is 0 Å². The van der Waals surface area contributed by atoms with E-state index < -0.39 is 0 Å². The summed E-state index contributed by atoms with van der Waals surface area (Å²) in [5.41, 5.74) is -0.122. The first-order valence-electron chi connectivity index (χ1n) is 5.29. The van der Waals surface area contributed by atoms with Crippen LogP contribution >= 0.6 is 0 Å². The number of nitrogens with one attached hydrogen (secondary N) is 1. The monoisotopic (exact) mass is 250 g/mol. The van der Waals surface area contributed by atoms with Gasteiger partial charge in [-0.1, -0.05) is 37.3 Å². The smallest absolute Gasteiger partial charge is 0.357 e. The summed E-state index contributed by atoms with van der Waals surface area (Å²) in [6.07, 6.45) is 1.78. The van der Waals surface area contributed by atoms with E-state index in [1.807, 2.05) is 13.0 Å². The molecule has 1 amide bonds. The van der Waals surface area contributed by atoms with Crippen LogP contribution in [0, 0.1) is 45.8 Å². The van der Waals surface area contributed by atoms with Crippen molar-refractivity contribution in [2.75, 3.05) is 0 Å². The predicted molar refractivity (Wildman–Crippen MR) is 58.3 cm³/mol. The van der Waals surface area contributed by atoms with Crippen LogP contribution in [0.1, 0.15) is 26.2 Å². The van der Waals surface area contributed by atoms with Crippen LogP contribution in [-0.4, -0.2) is 5.91 Å². The molecule has 1 aliphatic heterocycles. The second kappa shape index (κ2) is 7.80. The average Bonchev–Trinajstić information content (AvgIpc) is 2.31. The molecule has 1 heterocycles. The third-order valence-corrected chi connectivity index (χ3v) is 2.60. The molecule has 0 saturated carbocycles. The van der Waals surface area contributed by atoms with E-state index in [0.717, 1.165) is 6.42 Å². The van der Waals surface area contributed by atoms with Gasteiger partial charge < -0.3 is 5.32 Å². The third kappa shape index (κ3) is 3.52. The maximum atomic E-state index is 11.5. The molecule has 0 aromatic heterocycles. The minimum Gasteiger partial charge on any atom is -0.357 e. The van der Waals surface area contributed by atoms with Gasteiger partial charge in [-0.3, -0.25) is 4.79 Å². The second-order valence-corrected chi connectivity index (χ2v) is 3.74. The van der Waals surface area contributed by atoms with Crippen molar-refractivity contribution in [2.24, 2.45) is 5.92 Å². The van der Waals surface area contributed by atoms with E-state index in [1.54, 1.807) is 12.1 Å². The van der Waals surface area contributed by atoms with Crippen molar-refractivity contribution < 1.29 is 34.4 Å². The summed E-state index contributed by atoms with van der Waals surface area (Å²) < 4.78 is 0. The second-order valence-electron chi connectivity index (χ2n) is 3.74. The van der Waals surface area contributed by atoms with Crippen LogP contribution in [-0.2, 0) is 4.79 Å². The van der Waals surface area contributed by atoms with Gasteiger partial charge in [-0.25, -0.2) is 15.8 Å². The zero-order valence-electron chi connectivity index (χ0n) is 10.4. The molecule has 18 heavy (non-hydrogen) atoms. The normalized spacial score (nSPS) is 17.7. The summed E-state index contributed by atoms with van der Waals surface area (Å²) in [4.78, 5) is 11.5. The Kier molecular flexibility index (Phi) is 7.17. The molecule has 0 aromatic carbocycles. The van der Waals surface area contributed by atoms with Gasteiger partial charge in [-0.05, 0) is 6.07 Å². The Labute approximate surface area is 128 Å².